The Bertz CT molecular complexity index is 2080. The lowest BCUT2D eigenvalue weighted by Gasteiger charge is -2.28. The van der Waals surface area contributed by atoms with Crippen molar-refractivity contribution in [2.75, 3.05) is 31.8 Å². The Morgan fingerprint density at radius 1 is 1.12 bits per heavy atom. The van der Waals surface area contributed by atoms with Crippen molar-refractivity contribution in [3.05, 3.63) is 77.6 Å². The number of thiazole rings is 2. The molecule has 0 radical (unpaired) electrons. The molecule has 0 fully saturated rings. The topological polar surface area (TPSA) is 104 Å². The van der Waals surface area contributed by atoms with Crippen molar-refractivity contribution in [1.29, 1.82) is 0 Å². The van der Waals surface area contributed by atoms with Crippen LogP contribution < -0.4 is 14.4 Å². The van der Waals surface area contributed by atoms with Gasteiger partial charge < -0.3 is 19.1 Å². The maximum atomic E-state index is 12.8. The van der Waals surface area contributed by atoms with E-state index in [4.69, 9.17) is 40.9 Å². The molecule has 264 valence electrons. The van der Waals surface area contributed by atoms with Crippen LogP contribution in [0.1, 0.15) is 39.3 Å². The molecule has 0 N–H and O–H groups in total. The number of aryl methyl sites for hydroxylation is 1. The van der Waals surface area contributed by atoms with Crippen molar-refractivity contribution in [1.82, 2.24) is 19.7 Å². The maximum absolute atomic E-state index is 12.8. The highest BCUT2D eigenvalue weighted by Gasteiger charge is 2.28. The van der Waals surface area contributed by atoms with Gasteiger partial charge in [0.25, 0.3) is 0 Å². The first kappa shape index (κ1) is 36.9. The normalized spacial score (nSPS) is 13.6. The third-order valence-electron chi connectivity index (χ3n) is 8.36. The Hall–Kier alpha value is -2.89. The Kier molecular flexibility index (Phi) is 11.9. The van der Waals surface area contributed by atoms with Gasteiger partial charge in [-0.25, -0.2) is 9.78 Å². The number of esters is 1. The molecule has 6 rings (SSSR count). The van der Waals surface area contributed by atoms with Gasteiger partial charge in [-0.1, -0.05) is 54.7 Å². The zero-order valence-electron chi connectivity index (χ0n) is 28.8. The van der Waals surface area contributed by atoms with Gasteiger partial charge in [-0.2, -0.15) is 4.99 Å². The van der Waals surface area contributed by atoms with E-state index in [1.807, 2.05) is 30.3 Å². The van der Waals surface area contributed by atoms with Gasteiger partial charge in [0.2, 0.25) is 0 Å². The van der Waals surface area contributed by atoms with Gasteiger partial charge in [-0.15, -0.1) is 21.5 Å². The van der Waals surface area contributed by atoms with Crippen LogP contribution >= 0.6 is 56.9 Å². The SMILES string of the molecule is COC(=O)c1nc(N2CCCc3c2nnc(N=c2sc4ccccc4n2COCC[Si](C)(C)C)c3C)sc1CCCOc1ccc(I)cc1Cl. The first-order chi connectivity index (χ1) is 24.0. The largest absolute Gasteiger partial charge is 0.492 e. The molecule has 15 heteroatoms. The van der Waals surface area contributed by atoms with Crippen molar-refractivity contribution in [3.8, 4) is 5.75 Å². The first-order valence-corrected chi connectivity index (χ1v) is 23.3. The summed E-state index contributed by atoms with van der Waals surface area (Å²) >= 11 is 11.7. The molecule has 0 atom stereocenters. The Labute approximate surface area is 319 Å². The predicted molar refractivity (Wildman–Crippen MR) is 213 cm³/mol. The number of ether oxygens (including phenoxy) is 3. The van der Waals surface area contributed by atoms with Gasteiger partial charge in [-0.05, 0) is 91.6 Å². The molecule has 1 aliphatic rings. The van der Waals surface area contributed by atoms with Gasteiger partial charge in [-0.3, -0.25) is 4.57 Å². The minimum Gasteiger partial charge on any atom is -0.492 e. The fourth-order valence-electron chi connectivity index (χ4n) is 5.60. The molecule has 10 nitrogen and oxygen atoms in total. The number of halogens is 2. The van der Waals surface area contributed by atoms with Crippen LogP contribution in [-0.2, 0) is 29.0 Å². The number of nitrogens with zero attached hydrogens (tertiary/aromatic N) is 6. The standard InChI is InChI=1S/C35H40ClIN6O4S2Si/c1-22-24-10-8-16-42(34-38-30(33(44)45-2)29(49-34)13-9-17-47-27-15-14-23(37)20-25(27)36)32(24)41-40-31(22)39-35-43(21-46-18-19-50(3,4)5)26-11-6-7-12-28(26)48-35/h6-7,11-12,14-15,20H,8-10,13,16-19,21H2,1-5H3. The van der Waals surface area contributed by atoms with Crippen LogP contribution in [0.4, 0.5) is 16.8 Å². The second-order valence-electron chi connectivity index (χ2n) is 13.2. The molecule has 0 bridgehead atoms. The lowest BCUT2D eigenvalue weighted by Crippen LogP contribution is -2.27. The number of benzene rings is 2. The van der Waals surface area contributed by atoms with Crippen LogP contribution in [0, 0.1) is 10.5 Å². The number of anilines is 2. The molecule has 3 aromatic heterocycles. The van der Waals surface area contributed by atoms with E-state index >= 15 is 0 Å². The quantitative estimate of drug-likeness (QED) is 0.0501. The molecular formula is C35H40ClIN6O4S2Si. The van der Waals surface area contributed by atoms with E-state index in [2.05, 4.69) is 75.9 Å². The third-order valence-corrected chi connectivity index (χ3v) is 13.2. The summed E-state index contributed by atoms with van der Waals surface area (Å²) in [7, 11) is 0.173. The monoisotopic (exact) mass is 862 g/mol. The minimum atomic E-state index is -1.21. The summed E-state index contributed by atoms with van der Waals surface area (Å²) in [5.41, 5.74) is 3.48. The zero-order valence-corrected chi connectivity index (χ0v) is 34.3. The molecule has 1 aliphatic heterocycles. The third kappa shape index (κ3) is 8.58. The van der Waals surface area contributed by atoms with E-state index < -0.39 is 14.0 Å². The number of hydrogen-bond donors (Lipinski definition) is 0. The van der Waals surface area contributed by atoms with Crippen LogP contribution in [-0.4, -0.2) is 60.7 Å². The number of carbonyl (C=O) groups excluding carboxylic acids is 1. The molecule has 50 heavy (non-hydrogen) atoms. The summed E-state index contributed by atoms with van der Waals surface area (Å²) in [5.74, 6) is 1.53. The lowest BCUT2D eigenvalue weighted by molar-refractivity contribution is 0.0593. The summed E-state index contributed by atoms with van der Waals surface area (Å²) < 4.78 is 21.5. The van der Waals surface area contributed by atoms with E-state index in [-0.39, 0.29) is 0 Å². The van der Waals surface area contributed by atoms with E-state index in [0.29, 0.717) is 60.1 Å². The van der Waals surface area contributed by atoms with Gasteiger partial charge in [0.1, 0.15) is 12.5 Å². The summed E-state index contributed by atoms with van der Waals surface area (Å²) in [5, 5.41) is 10.6. The highest BCUT2D eigenvalue weighted by Crippen LogP contribution is 2.39. The molecule has 0 saturated carbocycles. The van der Waals surface area contributed by atoms with Gasteiger partial charge >= 0.3 is 5.97 Å². The van der Waals surface area contributed by atoms with Gasteiger partial charge in [0, 0.05) is 40.8 Å². The predicted octanol–water partition coefficient (Wildman–Crippen LogP) is 8.94. The highest BCUT2D eigenvalue weighted by atomic mass is 127. The van der Waals surface area contributed by atoms with Crippen molar-refractivity contribution < 1.29 is 19.0 Å². The Balaban J connectivity index is 1.25. The van der Waals surface area contributed by atoms with Gasteiger partial charge in [0.15, 0.2) is 27.3 Å². The molecule has 0 amide bonds. The molecular weight excluding hydrogens is 823 g/mol. The van der Waals surface area contributed by atoms with Crippen LogP contribution in [0.3, 0.4) is 0 Å². The van der Waals surface area contributed by atoms with E-state index in [0.717, 1.165) is 65.9 Å². The average Bonchev–Trinajstić information content (AvgIpc) is 3.67. The molecule has 0 spiro atoms. The smallest absolute Gasteiger partial charge is 0.357 e. The van der Waals surface area contributed by atoms with Gasteiger partial charge in [0.05, 0.1) is 29.0 Å². The minimum absolute atomic E-state index is 0.324. The number of methoxy groups -OCH3 is 1. The molecule has 0 aliphatic carbocycles. The summed E-state index contributed by atoms with van der Waals surface area (Å²) in [6.45, 7) is 11.4. The molecule has 4 heterocycles. The molecule has 5 aromatic rings. The number of fused-ring (bicyclic) bond motifs is 2. The number of carbonyl (C=O) groups is 1. The number of hydrogen-bond acceptors (Lipinski definition) is 11. The molecule has 2 aromatic carbocycles. The fraction of sp³-hybridized carbons (Fsp3) is 0.400. The summed E-state index contributed by atoms with van der Waals surface area (Å²) in [6.07, 6.45) is 3.03. The zero-order chi connectivity index (χ0) is 35.4. The second-order valence-corrected chi connectivity index (χ2v) is 22.6. The fourth-order valence-corrected chi connectivity index (χ4v) is 9.41. The Morgan fingerprint density at radius 3 is 2.72 bits per heavy atom. The second kappa shape index (κ2) is 16.2. The highest BCUT2D eigenvalue weighted by molar-refractivity contribution is 14.1. The van der Waals surface area contributed by atoms with E-state index in [9.17, 15) is 4.79 Å². The van der Waals surface area contributed by atoms with E-state index in [1.165, 1.54) is 18.4 Å². The van der Waals surface area contributed by atoms with Crippen molar-refractivity contribution >= 4 is 97.9 Å². The number of para-hydroxylation sites is 1. The molecule has 0 unspecified atom stereocenters. The van der Waals surface area contributed by atoms with E-state index in [1.54, 1.807) is 11.3 Å². The maximum Gasteiger partial charge on any atom is 0.357 e. The first-order valence-electron chi connectivity index (χ1n) is 16.5. The molecule has 0 saturated heterocycles. The van der Waals surface area contributed by atoms with Crippen molar-refractivity contribution in [3.63, 3.8) is 0 Å². The van der Waals surface area contributed by atoms with Crippen molar-refractivity contribution in [2.45, 2.75) is 65.0 Å². The summed E-state index contributed by atoms with van der Waals surface area (Å²) in [4.78, 5) is 26.4. The van der Waals surface area contributed by atoms with Crippen LogP contribution in [0.5, 0.6) is 5.75 Å². The van der Waals surface area contributed by atoms with Crippen LogP contribution in [0.25, 0.3) is 10.2 Å². The number of aromatic nitrogens is 4. The van der Waals surface area contributed by atoms with Crippen LogP contribution in [0.15, 0.2) is 47.5 Å². The summed E-state index contributed by atoms with van der Waals surface area (Å²) in [6, 6.07) is 15.1. The average molecular weight is 863 g/mol. The lowest BCUT2D eigenvalue weighted by atomic mass is 10.0. The van der Waals surface area contributed by atoms with Crippen LogP contribution in [0.2, 0.25) is 30.7 Å². The number of rotatable bonds is 13. The van der Waals surface area contributed by atoms with Crippen molar-refractivity contribution in [2.24, 2.45) is 4.99 Å². The Morgan fingerprint density at radius 2 is 1.94 bits per heavy atom.